The summed E-state index contributed by atoms with van der Waals surface area (Å²) in [5.41, 5.74) is 3.63. The van der Waals surface area contributed by atoms with Crippen molar-refractivity contribution < 1.29 is 18.1 Å². The third kappa shape index (κ3) is 5.70. The van der Waals surface area contributed by atoms with Gasteiger partial charge in [-0.3, -0.25) is 4.79 Å². The van der Waals surface area contributed by atoms with E-state index in [9.17, 15) is 13.2 Å². The molecule has 0 bridgehead atoms. The van der Waals surface area contributed by atoms with Crippen LogP contribution in [0.3, 0.4) is 0 Å². The Kier molecular flexibility index (Phi) is 6.79. The highest BCUT2D eigenvalue weighted by atomic mass is 35.5. The van der Waals surface area contributed by atoms with Crippen molar-refractivity contribution in [1.29, 1.82) is 0 Å². The summed E-state index contributed by atoms with van der Waals surface area (Å²) >= 11 is 11.9. The van der Waals surface area contributed by atoms with Crippen LogP contribution >= 0.6 is 23.2 Å². The monoisotopic (exact) mass is 454 g/mol. The smallest absolute Gasteiger partial charge is 0.271 e. The number of nitrogens with zero attached hydrogens (tertiary/aromatic N) is 2. The molecule has 2 N–H and O–H groups in total. The Balaban J connectivity index is 1.75. The van der Waals surface area contributed by atoms with Crippen molar-refractivity contribution in [3.8, 4) is 0 Å². The van der Waals surface area contributed by atoms with Crippen molar-refractivity contribution in [2.45, 2.75) is 17.7 Å². The van der Waals surface area contributed by atoms with Crippen molar-refractivity contribution in [2.75, 3.05) is 20.1 Å². The number of hydrogen-bond acceptors (Lipinski definition) is 4. The highest BCUT2D eigenvalue weighted by Crippen LogP contribution is 2.36. The summed E-state index contributed by atoms with van der Waals surface area (Å²) in [4.78, 5) is 13.7. The Bertz CT molecular complexity index is 1050. The third-order valence-electron chi connectivity index (χ3n) is 4.52. The van der Waals surface area contributed by atoms with Gasteiger partial charge in [-0.2, -0.15) is 5.10 Å². The molecule has 0 saturated carbocycles. The van der Waals surface area contributed by atoms with Crippen molar-refractivity contribution in [3.63, 3.8) is 0 Å². The molecular weight excluding hydrogens is 435 g/mol. The molecule has 0 radical (unpaired) electrons. The minimum absolute atomic E-state index is 0.0322. The number of hydrogen-bond donors (Lipinski definition) is 2. The van der Waals surface area contributed by atoms with Crippen LogP contribution in [0.4, 0.5) is 5.69 Å². The van der Waals surface area contributed by atoms with Gasteiger partial charge in [0.25, 0.3) is 5.91 Å². The number of halogens is 2. The van der Waals surface area contributed by atoms with Crippen molar-refractivity contribution in [1.82, 2.24) is 5.43 Å². The Morgan fingerprint density at radius 1 is 1.14 bits per heavy atom. The lowest BCUT2D eigenvalue weighted by atomic mass is 10.1. The van der Waals surface area contributed by atoms with Crippen molar-refractivity contribution in [2.24, 2.45) is 5.10 Å². The van der Waals surface area contributed by atoms with Gasteiger partial charge < -0.3 is 9.62 Å². The normalized spacial score (nSPS) is 16.9. The predicted octanol–water partition coefficient (Wildman–Crippen LogP) is 2.78. The first-order chi connectivity index (χ1) is 13.7. The molecule has 2 aromatic rings. The lowest BCUT2D eigenvalue weighted by molar-refractivity contribution is -0.880. The van der Waals surface area contributed by atoms with Crippen molar-refractivity contribution >= 4 is 50.5 Å². The lowest BCUT2D eigenvalue weighted by Gasteiger charge is -2.23. The standard InChI is InChI=1S/C19H19Cl2N4O3S/c1-25-9-7-15(8-10-25)22-23-19(26)13-3-2-4-16(11-13)29(27,28)24-18-12-14(20)5-6-17(18)21/h2-6,11-12H,7-10H2,1H3,(H,23,26)/q-1/p+1. The molecule has 1 saturated heterocycles. The molecule has 1 heterocycles. The van der Waals surface area contributed by atoms with Gasteiger partial charge in [0, 0.05) is 34.2 Å². The second-order valence-corrected chi connectivity index (χ2v) is 9.21. The number of rotatable bonds is 5. The van der Waals surface area contributed by atoms with E-state index in [-0.39, 0.29) is 21.2 Å². The van der Waals surface area contributed by atoms with Gasteiger partial charge in [0.15, 0.2) is 0 Å². The van der Waals surface area contributed by atoms with E-state index in [0.717, 1.165) is 31.6 Å². The molecule has 0 aliphatic carbocycles. The summed E-state index contributed by atoms with van der Waals surface area (Å²) in [5.74, 6) is -0.485. The van der Waals surface area contributed by atoms with Gasteiger partial charge in [-0.1, -0.05) is 35.3 Å². The fourth-order valence-corrected chi connectivity index (χ4v) is 4.23. The number of carbonyl (C=O) groups is 1. The van der Waals surface area contributed by atoms with Gasteiger partial charge in [-0.15, -0.1) is 5.69 Å². The van der Waals surface area contributed by atoms with Gasteiger partial charge in [0.05, 0.1) is 25.0 Å². The first kappa shape index (κ1) is 21.6. The van der Waals surface area contributed by atoms with Crippen LogP contribution in [-0.4, -0.2) is 40.2 Å². The molecule has 1 aliphatic rings. The SMILES string of the molecule is C[NH+]1CCC(=NNC(=O)c2cccc(S(=O)(=O)[N-]c3cc(Cl)ccc3Cl)c2)CC1. The number of hydrazone groups is 1. The fourth-order valence-electron chi connectivity index (χ4n) is 2.81. The van der Waals surface area contributed by atoms with E-state index in [0.29, 0.717) is 5.02 Å². The molecular formula is C19H20Cl2N4O3S. The predicted molar refractivity (Wildman–Crippen MR) is 114 cm³/mol. The third-order valence-corrected chi connectivity index (χ3v) is 6.36. The van der Waals surface area contributed by atoms with E-state index in [1.807, 2.05) is 0 Å². The number of likely N-dealkylation sites (tertiary alicyclic amines) is 1. The Morgan fingerprint density at radius 2 is 1.86 bits per heavy atom. The average Bonchev–Trinajstić information content (AvgIpc) is 2.70. The van der Waals surface area contributed by atoms with Crippen LogP contribution in [0.2, 0.25) is 10.0 Å². The molecule has 29 heavy (non-hydrogen) atoms. The molecule has 0 unspecified atom stereocenters. The number of carbonyl (C=O) groups excluding carboxylic acids is 1. The van der Waals surface area contributed by atoms with E-state index >= 15 is 0 Å². The van der Waals surface area contributed by atoms with Crippen LogP contribution in [0.5, 0.6) is 0 Å². The highest BCUT2D eigenvalue weighted by Gasteiger charge is 2.15. The zero-order chi connectivity index (χ0) is 21.0. The summed E-state index contributed by atoms with van der Waals surface area (Å²) in [6.07, 6.45) is 1.64. The van der Waals surface area contributed by atoms with E-state index in [1.165, 1.54) is 47.4 Å². The lowest BCUT2D eigenvalue weighted by Crippen LogP contribution is -3.10. The van der Waals surface area contributed by atoms with E-state index in [4.69, 9.17) is 23.2 Å². The van der Waals surface area contributed by atoms with E-state index in [2.05, 4.69) is 22.3 Å². The van der Waals surface area contributed by atoms with Gasteiger partial charge in [0.2, 0.25) is 0 Å². The van der Waals surface area contributed by atoms with Crippen LogP contribution in [-0.2, 0) is 10.0 Å². The molecule has 1 amide bonds. The molecule has 154 valence electrons. The molecule has 3 rings (SSSR count). The van der Waals surface area contributed by atoms with Crippen LogP contribution in [0.1, 0.15) is 23.2 Å². The molecule has 0 atom stereocenters. The number of piperidine rings is 1. The first-order valence-electron chi connectivity index (χ1n) is 8.95. The summed E-state index contributed by atoms with van der Waals surface area (Å²) in [6.45, 7) is 1.94. The number of amides is 1. The summed E-state index contributed by atoms with van der Waals surface area (Å²) in [6, 6.07) is 9.96. The van der Waals surface area contributed by atoms with Crippen molar-refractivity contribution in [3.05, 3.63) is 62.8 Å². The van der Waals surface area contributed by atoms with Gasteiger partial charge >= 0.3 is 0 Å². The largest absolute Gasteiger partial charge is 0.571 e. The molecule has 2 aromatic carbocycles. The van der Waals surface area contributed by atoms with Crippen LogP contribution in [0, 0.1) is 0 Å². The minimum atomic E-state index is -4.09. The average molecular weight is 455 g/mol. The Hall–Kier alpha value is -2.13. The summed E-state index contributed by atoms with van der Waals surface area (Å²) in [5, 5.41) is 4.64. The van der Waals surface area contributed by atoms with Crippen LogP contribution < -0.4 is 10.3 Å². The van der Waals surface area contributed by atoms with Crippen LogP contribution in [0.15, 0.2) is 52.5 Å². The van der Waals surface area contributed by atoms with Gasteiger partial charge in [-0.05, 0) is 30.3 Å². The number of quaternary nitrogens is 1. The topological polar surface area (TPSA) is 94.1 Å². The zero-order valence-electron chi connectivity index (χ0n) is 15.7. The fraction of sp³-hybridized carbons (Fsp3) is 0.263. The van der Waals surface area contributed by atoms with Crippen LogP contribution in [0.25, 0.3) is 4.72 Å². The Morgan fingerprint density at radius 3 is 2.59 bits per heavy atom. The first-order valence-corrected chi connectivity index (χ1v) is 11.1. The molecule has 10 heteroatoms. The summed E-state index contributed by atoms with van der Waals surface area (Å²) in [7, 11) is -1.97. The molecule has 1 aliphatic heterocycles. The maximum atomic E-state index is 12.6. The molecule has 7 nitrogen and oxygen atoms in total. The molecule has 1 fully saturated rings. The number of benzene rings is 2. The minimum Gasteiger partial charge on any atom is -0.571 e. The maximum Gasteiger partial charge on any atom is 0.271 e. The molecule has 0 aromatic heterocycles. The zero-order valence-corrected chi connectivity index (χ0v) is 18.0. The number of sulfonamides is 1. The van der Waals surface area contributed by atoms with Gasteiger partial charge in [-0.25, -0.2) is 13.8 Å². The second-order valence-electron chi connectivity index (χ2n) is 6.77. The molecule has 0 spiro atoms. The van der Waals surface area contributed by atoms with E-state index < -0.39 is 15.9 Å². The number of nitrogens with one attached hydrogen (secondary N) is 2. The maximum absolute atomic E-state index is 12.6. The second kappa shape index (κ2) is 9.13. The van der Waals surface area contributed by atoms with E-state index in [1.54, 1.807) is 0 Å². The summed E-state index contributed by atoms with van der Waals surface area (Å²) < 4.78 is 29.0. The highest BCUT2D eigenvalue weighted by molar-refractivity contribution is 7.94. The Labute approximate surface area is 179 Å². The van der Waals surface area contributed by atoms with Gasteiger partial charge in [0.1, 0.15) is 10.0 Å². The quantitative estimate of drug-likeness (QED) is 0.679.